The molecule has 0 radical (unpaired) electrons. The second kappa shape index (κ2) is 8.56. The number of rotatable bonds is 4. The van der Waals surface area contributed by atoms with E-state index in [0.29, 0.717) is 23.6 Å². The van der Waals surface area contributed by atoms with Crippen LogP contribution in [0.1, 0.15) is 29.6 Å². The van der Waals surface area contributed by atoms with Crippen LogP contribution < -0.4 is 11.1 Å². The van der Waals surface area contributed by atoms with Gasteiger partial charge in [0.25, 0.3) is 5.91 Å². The first-order valence-electron chi connectivity index (χ1n) is 8.25. The van der Waals surface area contributed by atoms with Crippen LogP contribution in [-0.2, 0) is 0 Å². The van der Waals surface area contributed by atoms with Gasteiger partial charge in [-0.15, -0.1) is 12.4 Å². The Kier molecular flexibility index (Phi) is 6.67. The highest BCUT2D eigenvalue weighted by Crippen LogP contribution is 2.26. The number of hydrogen-bond acceptors (Lipinski definition) is 2. The zero-order valence-corrected chi connectivity index (χ0v) is 14.8. The smallest absolute Gasteiger partial charge is 0.251 e. The fourth-order valence-electron chi connectivity index (χ4n) is 3.30. The second-order valence-electron chi connectivity index (χ2n) is 6.34. The van der Waals surface area contributed by atoms with Gasteiger partial charge in [-0.1, -0.05) is 18.6 Å². The minimum Gasteiger partial charge on any atom is -0.349 e. The molecule has 140 valence electrons. The largest absolute Gasteiger partial charge is 0.349 e. The molecule has 1 aliphatic carbocycles. The molecule has 3 nitrogen and oxygen atoms in total. The molecule has 26 heavy (non-hydrogen) atoms. The molecular formula is C19H20ClF3N2O. The second-order valence-corrected chi connectivity index (χ2v) is 6.34. The average molecular weight is 385 g/mol. The maximum atomic E-state index is 13.3. The lowest BCUT2D eigenvalue weighted by molar-refractivity contribution is 0.0929. The molecular weight excluding hydrogens is 365 g/mol. The van der Waals surface area contributed by atoms with Crippen molar-refractivity contribution in [1.82, 2.24) is 5.32 Å². The molecule has 0 aromatic heterocycles. The SMILES string of the molecule is Cl.NCC1CCCC1NC(=O)c1ccc(-c2cc(F)c(F)c(F)c2)cc1. The van der Waals surface area contributed by atoms with E-state index in [1.54, 1.807) is 24.3 Å². The third-order valence-corrected chi connectivity index (χ3v) is 4.74. The van der Waals surface area contributed by atoms with Crippen molar-refractivity contribution in [3.63, 3.8) is 0 Å². The number of amides is 1. The predicted molar refractivity (Wildman–Crippen MR) is 96.6 cm³/mol. The van der Waals surface area contributed by atoms with Crippen LogP contribution in [0.4, 0.5) is 13.2 Å². The molecule has 0 aliphatic heterocycles. The van der Waals surface area contributed by atoms with Gasteiger partial charge in [0.15, 0.2) is 17.5 Å². The molecule has 1 aliphatic rings. The van der Waals surface area contributed by atoms with Crippen LogP contribution in [0.5, 0.6) is 0 Å². The number of hydrogen-bond donors (Lipinski definition) is 2. The van der Waals surface area contributed by atoms with Crippen LogP contribution >= 0.6 is 12.4 Å². The summed E-state index contributed by atoms with van der Waals surface area (Å²) in [5.74, 6) is -3.88. The highest BCUT2D eigenvalue weighted by molar-refractivity contribution is 5.94. The van der Waals surface area contributed by atoms with Gasteiger partial charge < -0.3 is 11.1 Å². The summed E-state index contributed by atoms with van der Waals surface area (Å²) in [5.41, 5.74) is 6.88. The Morgan fingerprint density at radius 1 is 1.04 bits per heavy atom. The van der Waals surface area contributed by atoms with Crippen LogP contribution in [0.15, 0.2) is 36.4 Å². The number of nitrogens with one attached hydrogen (secondary N) is 1. The van der Waals surface area contributed by atoms with Gasteiger partial charge in [0.1, 0.15) is 0 Å². The van der Waals surface area contributed by atoms with Crippen molar-refractivity contribution in [2.75, 3.05) is 6.54 Å². The van der Waals surface area contributed by atoms with Crippen molar-refractivity contribution in [2.45, 2.75) is 25.3 Å². The summed E-state index contributed by atoms with van der Waals surface area (Å²) in [6.45, 7) is 0.547. The van der Waals surface area contributed by atoms with E-state index in [4.69, 9.17) is 5.73 Å². The average Bonchev–Trinajstić information content (AvgIpc) is 3.06. The molecule has 2 unspecified atom stereocenters. The van der Waals surface area contributed by atoms with E-state index in [1.807, 2.05) is 0 Å². The summed E-state index contributed by atoms with van der Waals surface area (Å²) in [6.07, 6.45) is 2.98. The first-order valence-corrected chi connectivity index (χ1v) is 8.25. The predicted octanol–water partition coefficient (Wildman–Crippen LogP) is 4.05. The summed E-state index contributed by atoms with van der Waals surface area (Å²) in [5, 5.41) is 2.99. The van der Waals surface area contributed by atoms with Crippen LogP contribution in [-0.4, -0.2) is 18.5 Å². The Bertz CT molecular complexity index is 760. The molecule has 1 fully saturated rings. The number of carbonyl (C=O) groups excluding carboxylic acids is 1. The van der Waals surface area contributed by atoms with Gasteiger partial charge in [-0.25, -0.2) is 13.2 Å². The van der Waals surface area contributed by atoms with Crippen LogP contribution in [0.3, 0.4) is 0 Å². The maximum Gasteiger partial charge on any atom is 0.251 e. The molecule has 0 saturated heterocycles. The summed E-state index contributed by atoms with van der Waals surface area (Å²) in [4.78, 5) is 12.3. The van der Waals surface area contributed by atoms with Crippen molar-refractivity contribution in [1.29, 1.82) is 0 Å². The van der Waals surface area contributed by atoms with E-state index in [1.165, 1.54) is 0 Å². The monoisotopic (exact) mass is 384 g/mol. The molecule has 0 bridgehead atoms. The number of nitrogens with two attached hydrogens (primary N) is 1. The van der Waals surface area contributed by atoms with Crippen LogP contribution in [0.2, 0.25) is 0 Å². The summed E-state index contributed by atoms with van der Waals surface area (Å²) in [6, 6.07) is 8.26. The Labute approximate surface area is 156 Å². The highest BCUT2D eigenvalue weighted by Gasteiger charge is 2.27. The third-order valence-electron chi connectivity index (χ3n) is 4.74. The standard InChI is InChI=1S/C19H19F3N2O.ClH/c20-15-8-14(9-16(21)18(15)22)11-4-6-12(7-5-11)19(25)24-17-3-1-2-13(17)10-23;/h4-9,13,17H,1-3,10,23H2,(H,24,25);1H. The van der Waals surface area contributed by atoms with Crippen molar-refractivity contribution < 1.29 is 18.0 Å². The third kappa shape index (κ3) is 4.19. The molecule has 7 heteroatoms. The first kappa shape index (κ1) is 20.3. The minimum absolute atomic E-state index is 0. The van der Waals surface area contributed by atoms with Crippen molar-refractivity contribution in [2.24, 2.45) is 11.7 Å². The Balaban J connectivity index is 0.00000243. The van der Waals surface area contributed by atoms with Crippen molar-refractivity contribution >= 4 is 18.3 Å². The number of benzene rings is 2. The van der Waals surface area contributed by atoms with Gasteiger partial charge in [-0.3, -0.25) is 4.79 Å². The molecule has 1 amide bonds. The zero-order chi connectivity index (χ0) is 18.0. The lowest BCUT2D eigenvalue weighted by Gasteiger charge is -2.19. The van der Waals surface area contributed by atoms with E-state index in [0.717, 1.165) is 31.4 Å². The van der Waals surface area contributed by atoms with Gasteiger partial charge in [-0.2, -0.15) is 0 Å². The van der Waals surface area contributed by atoms with E-state index >= 15 is 0 Å². The molecule has 3 N–H and O–H groups in total. The van der Waals surface area contributed by atoms with Gasteiger partial charge in [0.2, 0.25) is 0 Å². The number of halogens is 4. The molecule has 2 aromatic carbocycles. The number of carbonyl (C=O) groups is 1. The molecule has 3 rings (SSSR count). The molecule has 2 atom stereocenters. The lowest BCUT2D eigenvalue weighted by atomic mass is 10.0. The molecule has 0 heterocycles. The van der Waals surface area contributed by atoms with Crippen molar-refractivity contribution in [3.05, 3.63) is 59.4 Å². The minimum atomic E-state index is -1.49. The van der Waals surface area contributed by atoms with Crippen LogP contribution in [0.25, 0.3) is 11.1 Å². The topological polar surface area (TPSA) is 55.1 Å². The quantitative estimate of drug-likeness (QED) is 0.781. The lowest BCUT2D eigenvalue weighted by Crippen LogP contribution is -2.39. The summed E-state index contributed by atoms with van der Waals surface area (Å²) < 4.78 is 39.7. The maximum absolute atomic E-state index is 13.3. The van der Waals surface area contributed by atoms with Gasteiger partial charge in [0.05, 0.1) is 0 Å². The molecule has 0 spiro atoms. The van der Waals surface area contributed by atoms with Gasteiger partial charge >= 0.3 is 0 Å². The van der Waals surface area contributed by atoms with E-state index in [-0.39, 0.29) is 29.9 Å². The zero-order valence-electron chi connectivity index (χ0n) is 14.0. The van der Waals surface area contributed by atoms with Gasteiger partial charge in [0, 0.05) is 11.6 Å². The van der Waals surface area contributed by atoms with E-state index < -0.39 is 17.5 Å². The Morgan fingerprint density at radius 2 is 1.65 bits per heavy atom. The van der Waals surface area contributed by atoms with E-state index in [2.05, 4.69) is 5.32 Å². The Morgan fingerprint density at radius 3 is 2.23 bits per heavy atom. The highest BCUT2D eigenvalue weighted by atomic mass is 35.5. The normalized spacial score (nSPS) is 19.1. The Hall–Kier alpha value is -2.05. The fraction of sp³-hybridized carbons (Fsp3) is 0.316. The van der Waals surface area contributed by atoms with Gasteiger partial charge in [-0.05, 0) is 60.7 Å². The van der Waals surface area contributed by atoms with E-state index in [9.17, 15) is 18.0 Å². The molecule has 2 aromatic rings. The first-order chi connectivity index (χ1) is 12.0. The summed E-state index contributed by atoms with van der Waals surface area (Å²) in [7, 11) is 0. The molecule has 1 saturated carbocycles. The summed E-state index contributed by atoms with van der Waals surface area (Å²) >= 11 is 0. The van der Waals surface area contributed by atoms with Crippen LogP contribution in [0, 0.1) is 23.4 Å². The fourth-order valence-corrected chi connectivity index (χ4v) is 3.30. The van der Waals surface area contributed by atoms with Crippen molar-refractivity contribution in [3.8, 4) is 11.1 Å².